The first-order valence-corrected chi connectivity index (χ1v) is 8.40. The Labute approximate surface area is 135 Å². The molecule has 23 heavy (non-hydrogen) atoms. The number of benzene rings is 1. The summed E-state index contributed by atoms with van der Waals surface area (Å²) < 4.78 is 1.61. The number of carbonyl (C=O) groups is 1. The van der Waals surface area contributed by atoms with Crippen LogP contribution in [0.2, 0.25) is 0 Å². The van der Waals surface area contributed by atoms with E-state index in [0.717, 1.165) is 18.7 Å². The van der Waals surface area contributed by atoms with Crippen LogP contribution >= 0.6 is 0 Å². The van der Waals surface area contributed by atoms with E-state index >= 15 is 0 Å². The summed E-state index contributed by atoms with van der Waals surface area (Å²) in [5.41, 5.74) is 0.931. The highest BCUT2D eigenvalue weighted by Crippen LogP contribution is 2.36. The molecule has 2 fully saturated rings. The van der Waals surface area contributed by atoms with Crippen LogP contribution in [-0.4, -0.2) is 44.1 Å². The molecule has 0 N–H and O–H groups in total. The Morgan fingerprint density at radius 3 is 2.48 bits per heavy atom. The number of hydrogen-bond donors (Lipinski definition) is 0. The molecule has 1 aromatic carbocycles. The van der Waals surface area contributed by atoms with Crippen molar-refractivity contribution in [3.8, 4) is 11.4 Å². The third kappa shape index (κ3) is 2.85. The number of carbonyl (C=O) groups excluding carboxylic acids is 1. The standard InChI is InChI=1S/C17H21N5O/c23-16(21-10-14-8-4-5-9-15(14)11-21)12-22-17(18-19-20-22)13-6-2-1-3-7-13/h1-3,6-7,14-15H,4-5,8-12H2/t14-,15+. The lowest BCUT2D eigenvalue weighted by Gasteiger charge is -2.22. The molecule has 6 nitrogen and oxygen atoms in total. The monoisotopic (exact) mass is 311 g/mol. The topological polar surface area (TPSA) is 63.9 Å². The molecule has 1 saturated heterocycles. The molecule has 1 aromatic heterocycles. The highest BCUT2D eigenvalue weighted by Gasteiger charge is 2.36. The van der Waals surface area contributed by atoms with Crippen molar-refractivity contribution < 1.29 is 4.79 Å². The number of aromatic nitrogens is 4. The van der Waals surface area contributed by atoms with E-state index in [1.165, 1.54) is 25.7 Å². The third-order valence-electron chi connectivity index (χ3n) is 5.18. The smallest absolute Gasteiger partial charge is 0.244 e. The number of likely N-dealkylation sites (tertiary alicyclic amines) is 1. The molecular weight excluding hydrogens is 290 g/mol. The van der Waals surface area contributed by atoms with Crippen LogP contribution in [0.15, 0.2) is 30.3 Å². The molecule has 2 aromatic rings. The molecule has 1 aliphatic heterocycles. The minimum absolute atomic E-state index is 0.129. The fourth-order valence-corrected chi connectivity index (χ4v) is 3.94. The van der Waals surface area contributed by atoms with E-state index in [0.29, 0.717) is 17.7 Å². The van der Waals surface area contributed by atoms with E-state index in [9.17, 15) is 4.79 Å². The molecule has 1 amide bonds. The molecule has 1 saturated carbocycles. The number of amides is 1. The second kappa shape index (κ2) is 6.10. The third-order valence-corrected chi connectivity index (χ3v) is 5.18. The summed E-state index contributed by atoms with van der Waals surface area (Å²) in [4.78, 5) is 14.7. The van der Waals surface area contributed by atoms with Crippen molar-refractivity contribution in [3.05, 3.63) is 30.3 Å². The van der Waals surface area contributed by atoms with Gasteiger partial charge in [-0.3, -0.25) is 4.79 Å². The Morgan fingerprint density at radius 2 is 1.78 bits per heavy atom. The van der Waals surface area contributed by atoms with Gasteiger partial charge >= 0.3 is 0 Å². The van der Waals surface area contributed by atoms with E-state index in [-0.39, 0.29) is 12.5 Å². The Morgan fingerprint density at radius 1 is 1.09 bits per heavy atom. The SMILES string of the molecule is O=C(Cn1nnnc1-c1ccccc1)N1C[C@H]2CCCC[C@H]2C1. The summed E-state index contributed by atoms with van der Waals surface area (Å²) in [7, 11) is 0. The zero-order valence-corrected chi connectivity index (χ0v) is 13.1. The number of fused-ring (bicyclic) bond motifs is 1. The van der Waals surface area contributed by atoms with Crippen LogP contribution in [0.1, 0.15) is 25.7 Å². The number of nitrogens with zero attached hydrogens (tertiary/aromatic N) is 5. The largest absolute Gasteiger partial charge is 0.341 e. The lowest BCUT2D eigenvalue weighted by molar-refractivity contribution is -0.131. The average molecular weight is 311 g/mol. The van der Waals surface area contributed by atoms with Crippen molar-refractivity contribution in [3.63, 3.8) is 0 Å². The molecule has 2 aliphatic rings. The lowest BCUT2D eigenvalue weighted by Crippen LogP contribution is -2.32. The molecule has 6 heteroatoms. The van der Waals surface area contributed by atoms with Crippen molar-refractivity contribution in [1.29, 1.82) is 0 Å². The Kier molecular flexibility index (Phi) is 3.81. The molecule has 4 rings (SSSR count). The van der Waals surface area contributed by atoms with Crippen LogP contribution in [0.4, 0.5) is 0 Å². The second-order valence-corrected chi connectivity index (χ2v) is 6.63. The Balaban J connectivity index is 1.47. The van der Waals surface area contributed by atoms with Crippen molar-refractivity contribution in [2.45, 2.75) is 32.2 Å². The number of hydrogen-bond acceptors (Lipinski definition) is 4. The van der Waals surface area contributed by atoms with Crippen molar-refractivity contribution in [1.82, 2.24) is 25.1 Å². The van der Waals surface area contributed by atoms with Gasteiger partial charge in [0.1, 0.15) is 6.54 Å². The van der Waals surface area contributed by atoms with Crippen LogP contribution < -0.4 is 0 Å². The van der Waals surface area contributed by atoms with Crippen LogP contribution in [-0.2, 0) is 11.3 Å². The Bertz CT molecular complexity index is 669. The molecular formula is C17H21N5O. The molecule has 1 aliphatic carbocycles. The lowest BCUT2D eigenvalue weighted by atomic mass is 9.82. The van der Waals surface area contributed by atoms with Gasteiger partial charge in [0.25, 0.3) is 0 Å². The van der Waals surface area contributed by atoms with Crippen LogP contribution in [0.5, 0.6) is 0 Å². The highest BCUT2D eigenvalue weighted by molar-refractivity contribution is 5.77. The van der Waals surface area contributed by atoms with E-state index in [2.05, 4.69) is 15.5 Å². The van der Waals surface area contributed by atoms with Crippen molar-refractivity contribution in [2.24, 2.45) is 11.8 Å². The van der Waals surface area contributed by atoms with Gasteiger partial charge in [-0.05, 0) is 35.1 Å². The van der Waals surface area contributed by atoms with Crippen molar-refractivity contribution >= 4 is 5.91 Å². The van der Waals surface area contributed by atoms with Crippen LogP contribution in [0.3, 0.4) is 0 Å². The molecule has 0 unspecified atom stereocenters. The molecule has 2 atom stereocenters. The fourth-order valence-electron chi connectivity index (χ4n) is 3.94. The fraction of sp³-hybridized carbons (Fsp3) is 0.529. The maximum atomic E-state index is 12.6. The maximum Gasteiger partial charge on any atom is 0.244 e. The number of tetrazole rings is 1. The van der Waals surface area contributed by atoms with E-state index in [1.54, 1.807) is 4.68 Å². The van der Waals surface area contributed by atoms with Crippen LogP contribution in [0.25, 0.3) is 11.4 Å². The first kappa shape index (κ1) is 14.4. The zero-order valence-electron chi connectivity index (χ0n) is 13.1. The van der Waals surface area contributed by atoms with Gasteiger partial charge in [-0.15, -0.1) is 5.10 Å². The molecule has 0 radical (unpaired) electrons. The summed E-state index contributed by atoms with van der Waals surface area (Å²) in [6.07, 6.45) is 5.17. The predicted molar refractivity (Wildman–Crippen MR) is 85.3 cm³/mol. The van der Waals surface area contributed by atoms with E-state index in [4.69, 9.17) is 0 Å². The quantitative estimate of drug-likeness (QED) is 0.869. The molecule has 0 bridgehead atoms. The minimum Gasteiger partial charge on any atom is -0.341 e. The summed E-state index contributed by atoms with van der Waals surface area (Å²) in [5, 5.41) is 11.8. The van der Waals surface area contributed by atoms with Crippen LogP contribution in [0, 0.1) is 11.8 Å². The van der Waals surface area contributed by atoms with Gasteiger partial charge in [0.05, 0.1) is 0 Å². The van der Waals surface area contributed by atoms with Gasteiger partial charge < -0.3 is 4.90 Å². The zero-order chi connectivity index (χ0) is 15.6. The maximum absolute atomic E-state index is 12.6. The van der Waals surface area contributed by atoms with Gasteiger partial charge in [-0.2, -0.15) is 0 Å². The van der Waals surface area contributed by atoms with Gasteiger partial charge in [-0.25, -0.2) is 4.68 Å². The first-order valence-electron chi connectivity index (χ1n) is 8.40. The average Bonchev–Trinajstić information content (AvgIpc) is 3.22. The van der Waals surface area contributed by atoms with Gasteiger partial charge in [0.2, 0.25) is 5.91 Å². The highest BCUT2D eigenvalue weighted by atomic mass is 16.2. The first-order chi connectivity index (χ1) is 11.3. The minimum atomic E-state index is 0.129. The van der Waals surface area contributed by atoms with E-state index < -0.39 is 0 Å². The van der Waals surface area contributed by atoms with E-state index in [1.807, 2.05) is 35.2 Å². The summed E-state index contributed by atoms with van der Waals surface area (Å²) >= 11 is 0. The second-order valence-electron chi connectivity index (χ2n) is 6.63. The van der Waals surface area contributed by atoms with Gasteiger partial charge in [0, 0.05) is 18.7 Å². The molecule has 120 valence electrons. The Hall–Kier alpha value is -2.24. The summed E-state index contributed by atoms with van der Waals surface area (Å²) in [6, 6.07) is 9.76. The summed E-state index contributed by atoms with van der Waals surface area (Å²) in [5.74, 6) is 2.18. The summed E-state index contributed by atoms with van der Waals surface area (Å²) in [6.45, 7) is 2.04. The van der Waals surface area contributed by atoms with Gasteiger partial charge in [-0.1, -0.05) is 43.2 Å². The predicted octanol–water partition coefficient (Wildman–Crippen LogP) is 1.99. The van der Waals surface area contributed by atoms with Gasteiger partial charge in [0.15, 0.2) is 5.82 Å². The molecule has 2 heterocycles. The molecule has 0 spiro atoms. The normalized spacial score (nSPS) is 23.7. The number of rotatable bonds is 3. The van der Waals surface area contributed by atoms with Crippen molar-refractivity contribution in [2.75, 3.05) is 13.1 Å².